The lowest BCUT2D eigenvalue weighted by molar-refractivity contribution is 1.39. The van der Waals surface area contributed by atoms with Crippen molar-refractivity contribution in [3.8, 4) is 0 Å². The molecule has 80 valence electrons. The van der Waals surface area contributed by atoms with Crippen LogP contribution in [0.2, 0.25) is 0 Å². The summed E-state index contributed by atoms with van der Waals surface area (Å²) in [5.74, 6) is 0. The predicted molar refractivity (Wildman–Crippen MR) is 77.4 cm³/mol. The summed E-state index contributed by atoms with van der Waals surface area (Å²) in [7, 11) is 0. The maximum atomic E-state index is 5.36. The Bertz CT molecular complexity index is 812. The zero-order chi connectivity index (χ0) is 11.4. The maximum absolute atomic E-state index is 5.36. The SMILES string of the molecule is S=C1C=c2ccc3cccc4ccc(c2c43)C1. The molecule has 0 atom stereocenters. The number of benzene rings is 3. The van der Waals surface area contributed by atoms with Crippen LogP contribution < -0.4 is 5.22 Å². The van der Waals surface area contributed by atoms with Gasteiger partial charge < -0.3 is 0 Å². The topological polar surface area (TPSA) is 0 Å². The first-order chi connectivity index (χ1) is 8.33. The van der Waals surface area contributed by atoms with Gasteiger partial charge in [0.25, 0.3) is 0 Å². The fourth-order valence-electron chi connectivity index (χ4n) is 2.86. The lowest BCUT2D eigenvalue weighted by Crippen LogP contribution is -2.15. The van der Waals surface area contributed by atoms with Crippen LogP contribution in [0.3, 0.4) is 0 Å². The molecule has 0 nitrogen and oxygen atoms in total. The summed E-state index contributed by atoms with van der Waals surface area (Å²) in [6.07, 6.45) is 3.05. The van der Waals surface area contributed by atoms with Crippen LogP contribution in [0.5, 0.6) is 0 Å². The normalized spacial score (nSPS) is 14.2. The van der Waals surface area contributed by atoms with E-state index in [0.717, 1.165) is 11.3 Å². The van der Waals surface area contributed by atoms with Crippen LogP contribution in [0, 0.1) is 0 Å². The molecule has 0 aliphatic heterocycles. The highest BCUT2D eigenvalue weighted by Crippen LogP contribution is 2.28. The van der Waals surface area contributed by atoms with Gasteiger partial charge in [-0.3, -0.25) is 0 Å². The Morgan fingerprint density at radius 1 is 0.824 bits per heavy atom. The summed E-state index contributed by atoms with van der Waals surface area (Å²) < 4.78 is 0. The molecule has 0 heterocycles. The van der Waals surface area contributed by atoms with Gasteiger partial charge >= 0.3 is 0 Å². The molecule has 0 saturated carbocycles. The number of hydrogen-bond acceptors (Lipinski definition) is 1. The van der Waals surface area contributed by atoms with Gasteiger partial charge in [0.15, 0.2) is 0 Å². The summed E-state index contributed by atoms with van der Waals surface area (Å²) in [6, 6.07) is 15.3. The van der Waals surface area contributed by atoms with Crippen molar-refractivity contribution < 1.29 is 0 Å². The van der Waals surface area contributed by atoms with Gasteiger partial charge in [0.2, 0.25) is 0 Å². The Kier molecular flexibility index (Phi) is 1.72. The molecular weight excluding hydrogens is 224 g/mol. The zero-order valence-electron chi connectivity index (χ0n) is 9.23. The van der Waals surface area contributed by atoms with E-state index in [1.54, 1.807) is 0 Å². The molecule has 3 aromatic carbocycles. The van der Waals surface area contributed by atoms with Gasteiger partial charge in [-0.05, 0) is 38.4 Å². The van der Waals surface area contributed by atoms with E-state index in [4.69, 9.17) is 12.2 Å². The highest BCUT2D eigenvalue weighted by molar-refractivity contribution is 7.81. The first-order valence-corrected chi connectivity index (χ1v) is 6.21. The summed E-state index contributed by atoms with van der Waals surface area (Å²) >= 11 is 5.36. The molecule has 17 heavy (non-hydrogen) atoms. The second-order valence-corrected chi connectivity index (χ2v) is 5.15. The minimum atomic E-state index is 0.909. The smallest absolute Gasteiger partial charge is 0.0202 e. The predicted octanol–water partition coefficient (Wildman–Crippen LogP) is 3.42. The molecule has 1 aliphatic rings. The summed E-state index contributed by atoms with van der Waals surface area (Å²) in [5.41, 5.74) is 1.37. The van der Waals surface area contributed by atoms with E-state index in [2.05, 4.69) is 48.5 Å². The van der Waals surface area contributed by atoms with Gasteiger partial charge in [-0.15, -0.1) is 0 Å². The Balaban J connectivity index is 2.42. The third-order valence-corrected chi connectivity index (χ3v) is 3.84. The Morgan fingerprint density at radius 2 is 1.59 bits per heavy atom. The van der Waals surface area contributed by atoms with Gasteiger partial charge in [-0.1, -0.05) is 54.7 Å². The molecule has 4 rings (SSSR count). The van der Waals surface area contributed by atoms with Crippen molar-refractivity contribution >= 4 is 44.7 Å². The van der Waals surface area contributed by atoms with Gasteiger partial charge in [-0.25, -0.2) is 0 Å². The van der Waals surface area contributed by atoms with Crippen molar-refractivity contribution in [3.63, 3.8) is 0 Å². The first kappa shape index (κ1) is 9.32. The van der Waals surface area contributed by atoms with Crippen LogP contribution in [-0.2, 0) is 6.42 Å². The quantitative estimate of drug-likeness (QED) is 0.537. The third-order valence-electron chi connectivity index (χ3n) is 3.58. The molecule has 3 aromatic rings. The van der Waals surface area contributed by atoms with Gasteiger partial charge in [0.1, 0.15) is 0 Å². The molecule has 0 aromatic heterocycles. The van der Waals surface area contributed by atoms with Crippen LogP contribution in [-0.4, -0.2) is 4.86 Å². The number of rotatable bonds is 0. The fraction of sp³-hybridized carbons (Fsp3) is 0.0625. The van der Waals surface area contributed by atoms with Crippen molar-refractivity contribution in [3.05, 3.63) is 53.2 Å². The molecule has 0 saturated heterocycles. The van der Waals surface area contributed by atoms with Crippen molar-refractivity contribution in [2.75, 3.05) is 0 Å². The molecular formula is C16H10S. The van der Waals surface area contributed by atoms with E-state index in [1.165, 1.54) is 32.3 Å². The van der Waals surface area contributed by atoms with Crippen LogP contribution in [0.25, 0.3) is 27.6 Å². The zero-order valence-corrected chi connectivity index (χ0v) is 10.1. The van der Waals surface area contributed by atoms with Gasteiger partial charge in [0, 0.05) is 11.3 Å². The molecule has 0 bridgehead atoms. The highest BCUT2D eigenvalue weighted by Gasteiger charge is 2.12. The molecule has 0 N–H and O–H groups in total. The molecule has 1 aliphatic carbocycles. The monoisotopic (exact) mass is 234 g/mol. The van der Waals surface area contributed by atoms with E-state index in [0.29, 0.717) is 0 Å². The average Bonchev–Trinajstić information content (AvgIpc) is 2.35. The van der Waals surface area contributed by atoms with Crippen molar-refractivity contribution in [1.29, 1.82) is 0 Å². The van der Waals surface area contributed by atoms with E-state index in [9.17, 15) is 0 Å². The Labute approximate surface area is 105 Å². The van der Waals surface area contributed by atoms with Crippen LogP contribution in [0.1, 0.15) is 5.56 Å². The minimum Gasteiger partial charge on any atom is -0.0845 e. The summed E-state index contributed by atoms with van der Waals surface area (Å²) in [6.45, 7) is 0. The molecule has 1 heteroatoms. The lowest BCUT2D eigenvalue weighted by Gasteiger charge is -2.14. The first-order valence-electron chi connectivity index (χ1n) is 5.80. The summed E-state index contributed by atoms with van der Waals surface area (Å²) in [5, 5.41) is 6.71. The molecule has 0 amide bonds. The van der Waals surface area contributed by atoms with Crippen molar-refractivity contribution in [2.24, 2.45) is 0 Å². The largest absolute Gasteiger partial charge is 0.0845 e. The number of thiocarbonyl (C=S) groups is 1. The van der Waals surface area contributed by atoms with E-state index in [-0.39, 0.29) is 0 Å². The molecule has 0 unspecified atom stereocenters. The van der Waals surface area contributed by atoms with Gasteiger partial charge in [-0.2, -0.15) is 0 Å². The minimum absolute atomic E-state index is 0.909. The average molecular weight is 234 g/mol. The van der Waals surface area contributed by atoms with Gasteiger partial charge in [0.05, 0.1) is 0 Å². The lowest BCUT2D eigenvalue weighted by atomic mass is 9.90. The van der Waals surface area contributed by atoms with E-state index >= 15 is 0 Å². The van der Waals surface area contributed by atoms with Crippen LogP contribution in [0.15, 0.2) is 42.5 Å². The Morgan fingerprint density at radius 3 is 2.41 bits per heavy atom. The van der Waals surface area contributed by atoms with E-state index < -0.39 is 0 Å². The molecule has 0 fully saturated rings. The Hall–Kier alpha value is -1.73. The van der Waals surface area contributed by atoms with Crippen molar-refractivity contribution in [2.45, 2.75) is 6.42 Å². The maximum Gasteiger partial charge on any atom is 0.0202 e. The fourth-order valence-corrected chi connectivity index (χ4v) is 3.14. The van der Waals surface area contributed by atoms with Crippen LogP contribution >= 0.6 is 12.2 Å². The van der Waals surface area contributed by atoms with Crippen LogP contribution in [0.4, 0.5) is 0 Å². The molecule has 0 spiro atoms. The number of hydrogen-bond donors (Lipinski definition) is 0. The second-order valence-electron chi connectivity index (χ2n) is 4.62. The second kappa shape index (κ2) is 3.14. The third kappa shape index (κ3) is 1.20. The highest BCUT2D eigenvalue weighted by atomic mass is 32.1. The molecule has 0 radical (unpaired) electrons. The summed E-state index contributed by atoms with van der Waals surface area (Å²) in [4.78, 5) is 1.04. The standard InChI is InChI=1S/C16H10S/c17-14-8-12-6-4-10-2-1-3-11-5-7-13(9-14)16(12)15(10)11/h1-8H,9H2. The van der Waals surface area contributed by atoms with Crippen molar-refractivity contribution in [1.82, 2.24) is 0 Å². The van der Waals surface area contributed by atoms with E-state index in [1.807, 2.05) is 0 Å².